The summed E-state index contributed by atoms with van der Waals surface area (Å²) >= 11 is 1.44. The van der Waals surface area contributed by atoms with E-state index in [1.54, 1.807) is 13.3 Å². The molecule has 0 spiro atoms. The number of rotatable bonds is 12. The Balaban J connectivity index is 1.41. The van der Waals surface area contributed by atoms with Gasteiger partial charge in [-0.15, -0.1) is 0 Å². The van der Waals surface area contributed by atoms with Crippen LogP contribution in [0.1, 0.15) is 42.6 Å². The summed E-state index contributed by atoms with van der Waals surface area (Å²) in [5, 5.41) is 5.62. The number of thioether (sulfide) groups is 1. The molecule has 5 rings (SSSR count). The van der Waals surface area contributed by atoms with Gasteiger partial charge < -0.3 is 24.4 Å². The molecule has 0 saturated carbocycles. The minimum atomic E-state index is -0.574. The number of ether oxygens (including phenoxy) is 3. The Labute approximate surface area is 255 Å². The number of carbonyl (C=O) groups excluding carboxylic acids is 2. The molecule has 9 nitrogen and oxygen atoms in total. The highest BCUT2D eigenvalue weighted by molar-refractivity contribution is 8.16. The molecule has 2 aliphatic heterocycles. The first-order valence-corrected chi connectivity index (χ1v) is 15.0. The quantitative estimate of drug-likeness (QED) is 0.271. The van der Waals surface area contributed by atoms with Crippen LogP contribution >= 0.6 is 11.8 Å². The van der Waals surface area contributed by atoms with Crippen molar-refractivity contribution in [2.24, 2.45) is 4.99 Å². The molecule has 3 heterocycles. The van der Waals surface area contributed by atoms with Crippen LogP contribution in [0.2, 0.25) is 0 Å². The summed E-state index contributed by atoms with van der Waals surface area (Å²) in [5.74, 6) is 0.515. The zero-order valence-corrected chi connectivity index (χ0v) is 25.2. The highest BCUT2D eigenvalue weighted by Crippen LogP contribution is 2.46. The predicted molar refractivity (Wildman–Crippen MR) is 166 cm³/mol. The fraction of sp³-hybridized carbons (Fsp3) is 0.273. The summed E-state index contributed by atoms with van der Waals surface area (Å²) in [4.78, 5) is 37.4. The van der Waals surface area contributed by atoms with Crippen LogP contribution in [0.5, 0.6) is 11.5 Å². The monoisotopic (exact) mass is 598 g/mol. The number of carbonyl (C=O) groups is 2. The summed E-state index contributed by atoms with van der Waals surface area (Å²) in [7, 11) is 2.95. The lowest BCUT2D eigenvalue weighted by molar-refractivity contribution is -0.136. The summed E-state index contributed by atoms with van der Waals surface area (Å²) in [5.41, 5.74) is 4.54. The van der Waals surface area contributed by atoms with Crippen LogP contribution in [0.25, 0.3) is 0 Å². The normalized spacial score (nSPS) is 15.8. The van der Waals surface area contributed by atoms with E-state index in [-0.39, 0.29) is 12.3 Å². The third-order valence-corrected chi connectivity index (χ3v) is 8.03. The average molecular weight is 599 g/mol. The highest BCUT2D eigenvalue weighted by Gasteiger charge is 2.41. The molecule has 1 N–H and O–H groups in total. The predicted octanol–water partition coefficient (Wildman–Crippen LogP) is 5.56. The average Bonchev–Trinajstić information content (AvgIpc) is 3.45. The lowest BCUT2D eigenvalue weighted by Crippen LogP contribution is -2.38. The Morgan fingerprint density at radius 3 is 2.56 bits per heavy atom. The molecule has 43 heavy (non-hydrogen) atoms. The number of hydrogen-bond acceptors (Lipinski definition) is 9. The molecular formula is C33H34N4O5S. The lowest BCUT2D eigenvalue weighted by Gasteiger charge is -2.36. The summed E-state index contributed by atoms with van der Waals surface area (Å²) in [6.45, 7) is 2.81. The van der Waals surface area contributed by atoms with Gasteiger partial charge in [-0.3, -0.25) is 9.78 Å². The van der Waals surface area contributed by atoms with Crippen LogP contribution in [0.15, 0.2) is 100 Å². The second-order valence-corrected chi connectivity index (χ2v) is 10.7. The molecule has 3 aromatic rings. The van der Waals surface area contributed by atoms with E-state index in [9.17, 15) is 9.59 Å². The van der Waals surface area contributed by atoms with Gasteiger partial charge in [-0.2, -0.15) is 0 Å². The van der Waals surface area contributed by atoms with Gasteiger partial charge in [-0.1, -0.05) is 61.2 Å². The van der Waals surface area contributed by atoms with Crippen molar-refractivity contribution in [2.45, 2.75) is 38.8 Å². The molecule has 0 saturated heterocycles. The standard InChI is InChI=1S/C33H34N4O5S/c1-4-26-30(32(39)41-3)31(23-13-14-27(28(18-23)40-2)42-20-22-10-6-5-7-11-22)37-25(21-43-33(37)36-26)19-29(38)35-17-15-24-12-8-9-16-34-24/h5-14,16,18,21,31H,4,15,17,19-20H2,1-3H3,(H,35,38)/t31-/m0/s1. The third kappa shape index (κ3) is 6.91. The van der Waals surface area contributed by atoms with E-state index in [4.69, 9.17) is 19.2 Å². The zero-order valence-electron chi connectivity index (χ0n) is 24.4. The summed E-state index contributed by atoms with van der Waals surface area (Å²) in [6, 6.07) is 20.7. The maximum absolute atomic E-state index is 13.3. The molecule has 0 unspecified atom stereocenters. The number of benzene rings is 2. The van der Waals surface area contributed by atoms with Gasteiger partial charge in [0.2, 0.25) is 5.91 Å². The SMILES string of the molecule is CCC1=C(C(=O)OC)[C@H](c2ccc(OCc3ccccc3)c(OC)c2)N2C(CC(=O)NCCc3ccccn3)=CSC2=N1. The molecule has 0 bridgehead atoms. The number of nitrogens with one attached hydrogen (secondary N) is 1. The minimum Gasteiger partial charge on any atom is -0.493 e. The third-order valence-electron chi connectivity index (χ3n) is 7.14. The molecule has 10 heteroatoms. The summed E-state index contributed by atoms with van der Waals surface area (Å²) < 4.78 is 17.1. The Morgan fingerprint density at radius 2 is 1.84 bits per heavy atom. The molecule has 2 aliphatic rings. The van der Waals surface area contributed by atoms with Gasteiger partial charge in [0.05, 0.1) is 38.0 Å². The second kappa shape index (κ2) is 14.1. The van der Waals surface area contributed by atoms with Crippen molar-refractivity contribution in [3.8, 4) is 11.5 Å². The second-order valence-electron chi connectivity index (χ2n) is 9.88. The number of methoxy groups -OCH3 is 2. The first-order chi connectivity index (χ1) is 21.0. The van der Waals surface area contributed by atoms with Gasteiger partial charge in [-0.05, 0) is 47.2 Å². The van der Waals surface area contributed by atoms with Crippen molar-refractivity contribution in [3.05, 3.63) is 112 Å². The van der Waals surface area contributed by atoms with Crippen LogP contribution < -0.4 is 14.8 Å². The largest absolute Gasteiger partial charge is 0.493 e. The van der Waals surface area contributed by atoms with E-state index in [0.29, 0.717) is 53.9 Å². The van der Waals surface area contributed by atoms with Crippen molar-refractivity contribution < 1.29 is 23.8 Å². The van der Waals surface area contributed by atoms with Gasteiger partial charge in [0.15, 0.2) is 16.7 Å². The van der Waals surface area contributed by atoms with Crippen molar-refractivity contribution in [1.82, 2.24) is 15.2 Å². The van der Waals surface area contributed by atoms with Crippen molar-refractivity contribution in [2.75, 3.05) is 20.8 Å². The van der Waals surface area contributed by atoms with E-state index in [2.05, 4.69) is 10.3 Å². The minimum absolute atomic E-state index is 0.121. The van der Waals surface area contributed by atoms with E-state index >= 15 is 0 Å². The van der Waals surface area contributed by atoms with Gasteiger partial charge in [0.25, 0.3) is 0 Å². The molecule has 1 atom stereocenters. The molecule has 222 valence electrons. The van der Waals surface area contributed by atoms with Gasteiger partial charge >= 0.3 is 5.97 Å². The molecule has 1 amide bonds. The van der Waals surface area contributed by atoms with Crippen molar-refractivity contribution in [3.63, 3.8) is 0 Å². The number of amidine groups is 1. The van der Waals surface area contributed by atoms with Crippen LogP contribution in [-0.2, 0) is 27.4 Å². The zero-order chi connectivity index (χ0) is 30.2. The molecule has 2 aromatic carbocycles. The number of esters is 1. The summed E-state index contributed by atoms with van der Waals surface area (Å²) in [6.07, 6.45) is 3.03. The lowest BCUT2D eigenvalue weighted by atomic mass is 9.92. The van der Waals surface area contributed by atoms with E-state index in [0.717, 1.165) is 22.5 Å². The number of hydrogen-bond donors (Lipinski definition) is 1. The molecule has 0 aliphatic carbocycles. The number of aliphatic imine (C=N–C) groups is 1. The molecule has 1 aromatic heterocycles. The van der Waals surface area contributed by atoms with E-state index in [1.807, 2.05) is 84.0 Å². The van der Waals surface area contributed by atoms with E-state index < -0.39 is 12.0 Å². The first kappa shape index (κ1) is 29.9. The Bertz CT molecular complexity index is 1560. The molecule has 0 fully saturated rings. The van der Waals surface area contributed by atoms with Crippen molar-refractivity contribution in [1.29, 1.82) is 0 Å². The fourth-order valence-corrected chi connectivity index (χ4v) is 5.98. The number of pyridine rings is 1. The van der Waals surface area contributed by atoms with Crippen LogP contribution in [0.4, 0.5) is 0 Å². The topological polar surface area (TPSA) is 102 Å². The fourth-order valence-electron chi connectivity index (χ4n) is 5.04. The number of amides is 1. The Kier molecular flexibility index (Phi) is 9.78. The molecule has 0 radical (unpaired) electrons. The number of allylic oxidation sites excluding steroid dienone is 1. The smallest absolute Gasteiger partial charge is 0.338 e. The Hall–Kier alpha value is -4.57. The maximum atomic E-state index is 13.3. The van der Waals surface area contributed by atoms with Crippen LogP contribution in [0, 0.1) is 0 Å². The number of aromatic nitrogens is 1. The van der Waals surface area contributed by atoms with Gasteiger partial charge in [0.1, 0.15) is 6.61 Å². The number of nitrogens with zero attached hydrogens (tertiary/aromatic N) is 3. The van der Waals surface area contributed by atoms with Crippen LogP contribution in [0.3, 0.4) is 0 Å². The van der Waals surface area contributed by atoms with E-state index in [1.165, 1.54) is 18.9 Å². The van der Waals surface area contributed by atoms with Crippen molar-refractivity contribution >= 4 is 28.8 Å². The first-order valence-electron chi connectivity index (χ1n) is 14.1. The number of fused-ring (bicyclic) bond motifs is 1. The molecular weight excluding hydrogens is 564 g/mol. The Morgan fingerprint density at radius 1 is 1.02 bits per heavy atom. The van der Waals surface area contributed by atoms with Crippen LogP contribution in [-0.4, -0.2) is 47.7 Å². The van der Waals surface area contributed by atoms with Gasteiger partial charge in [-0.25, -0.2) is 9.79 Å². The van der Waals surface area contributed by atoms with Gasteiger partial charge in [0, 0.05) is 30.6 Å². The highest BCUT2D eigenvalue weighted by atomic mass is 32.2. The maximum Gasteiger partial charge on any atom is 0.338 e.